The first-order valence-electron chi connectivity index (χ1n) is 8.89. The van der Waals surface area contributed by atoms with E-state index in [-0.39, 0.29) is 18.4 Å². The molecule has 1 aromatic carbocycles. The number of piperazine rings is 1. The molecule has 2 amide bonds. The summed E-state index contributed by atoms with van der Waals surface area (Å²) < 4.78 is 10.8. The largest absolute Gasteiger partial charge is 0.484 e. The van der Waals surface area contributed by atoms with Gasteiger partial charge in [0.1, 0.15) is 11.5 Å². The van der Waals surface area contributed by atoms with Crippen molar-refractivity contribution in [1.29, 1.82) is 0 Å². The van der Waals surface area contributed by atoms with Crippen LogP contribution in [-0.4, -0.2) is 54.4 Å². The second-order valence-corrected chi connectivity index (χ2v) is 6.44. The molecular weight excluding hydrogens is 332 g/mol. The van der Waals surface area contributed by atoms with Gasteiger partial charge in [0.25, 0.3) is 5.91 Å². The van der Waals surface area contributed by atoms with E-state index < -0.39 is 0 Å². The first-order valence-corrected chi connectivity index (χ1v) is 8.89. The first kappa shape index (κ1) is 18.0. The number of carbonyl (C=O) groups excluding carboxylic acids is 2. The van der Waals surface area contributed by atoms with Gasteiger partial charge in [-0.1, -0.05) is 17.7 Å². The number of ether oxygens (including phenoxy) is 1. The summed E-state index contributed by atoms with van der Waals surface area (Å²) in [6.07, 6.45) is 2.65. The number of rotatable bonds is 6. The van der Waals surface area contributed by atoms with Crippen molar-refractivity contribution in [3.63, 3.8) is 0 Å². The molecule has 1 aromatic heterocycles. The monoisotopic (exact) mass is 356 g/mol. The van der Waals surface area contributed by atoms with Crippen LogP contribution >= 0.6 is 0 Å². The third kappa shape index (κ3) is 4.88. The molecule has 0 spiro atoms. The van der Waals surface area contributed by atoms with E-state index in [2.05, 4.69) is 0 Å². The highest BCUT2D eigenvalue weighted by Crippen LogP contribution is 2.12. The molecule has 0 radical (unpaired) electrons. The summed E-state index contributed by atoms with van der Waals surface area (Å²) in [5.74, 6) is 1.56. The van der Waals surface area contributed by atoms with E-state index in [1.54, 1.807) is 11.2 Å². The maximum atomic E-state index is 12.3. The van der Waals surface area contributed by atoms with Gasteiger partial charge in [0, 0.05) is 39.0 Å². The number of nitrogens with zero attached hydrogens (tertiary/aromatic N) is 2. The van der Waals surface area contributed by atoms with Crippen molar-refractivity contribution in [3.05, 3.63) is 54.0 Å². The lowest BCUT2D eigenvalue weighted by Crippen LogP contribution is -2.51. The Labute approximate surface area is 153 Å². The Kier molecular flexibility index (Phi) is 5.94. The fourth-order valence-electron chi connectivity index (χ4n) is 2.92. The highest BCUT2D eigenvalue weighted by atomic mass is 16.5. The van der Waals surface area contributed by atoms with E-state index in [4.69, 9.17) is 9.15 Å². The third-order valence-electron chi connectivity index (χ3n) is 4.53. The molecule has 0 atom stereocenters. The zero-order valence-corrected chi connectivity index (χ0v) is 15.0. The molecule has 6 heteroatoms. The Hall–Kier alpha value is -2.76. The SMILES string of the molecule is Cc1ccc(OCC(=O)N2CCN(C(=O)CCc3ccco3)CC2)cc1. The van der Waals surface area contributed by atoms with Crippen LogP contribution in [0.25, 0.3) is 0 Å². The van der Waals surface area contributed by atoms with E-state index in [1.165, 1.54) is 0 Å². The number of amides is 2. The minimum atomic E-state index is -0.0479. The van der Waals surface area contributed by atoms with Gasteiger partial charge in [0.15, 0.2) is 6.61 Å². The molecule has 1 aliphatic rings. The minimum Gasteiger partial charge on any atom is -0.484 e. The van der Waals surface area contributed by atoms with E-state index in [0.29, 0.717) is 44.8 Å². The average molecular weight is 356 g/mol. The van der Waals surface area contributed by atoms with Crippen molar-refractivity contribution in [3.8, 4) is 5.75 Å². The van der Waals surface area contributed by atoms with Crippen molar-refractivity contribution in [2.24, 2.45) is 0 Å². The Morgan fingerprint density at radius 1 is 1.00 bits per heavy atom. The predicted molar refractivity (Wildman–Crippen MR) is 96.9 cm³/mol. The van der Waals surface area contributed by atoms with Crippen molar-refractivity contribution >= 4 is 11.8 Å². The molecule has 0 N–H and O–H groups in total. The summed E-state index contributed by atoms with van der Waals surface area (Å²) in [4.78, 5) is 28.1. The molecule has 0 bridgehead atoms. The molecule has 6 nitrogen and oxygen atoms in total. The Bertz CT molecular complexity index is 717. The molecule has 0 aliphatic carbocycles. The summed E-state index contributed by atoms with van der Waals surface area (Å²) >= 11 is 0. The minimum absolute atomic E-state index is 0.0233. The Balaban J connectivity index is 1.39. The second-order valence-electron chi connectivity index (χ2n) is 6.44. The number of hydrogen-bond acceptors (Lipinski definition) is 4. The molecular formula is C20H24N2O4. The maximum absolute atomic E-state index is 12.3. The highest BCUT2D eigenvalue weighted by molar-refractivity contribution is 5.79. The van der Waals surface area contributed by atoms with E-state index in [9.17, 15) is 9.59 Å². The number of hydrogen-bond donors (Lipinski definition) is 0. The molecule has 2 aromatic rings. The molecule has 1 fully saturated rings. The lowest BCUT2D eigenvalue weighted by molar-refractivity contribution is -0.140. The highest BCUT2D eigenvalue weighted by Gasteiger charge is 2.24. The lowest BCUT2D eigenvalue weighted by Gasteiger charge is -2.34. The van der Waals surface area contributed by atoms with Crippen LogP contribution in [0, 0.1) is 6.92 Å². The van der Waals surface area contributed by atoms with Crippen LogP contribution in [0.15, 0.2) is 47.1 Å². The van der Waals surface area contributed by atoms with Crippen LogP contribution in [0.5, 0.6) is 5.75 Å². The second kappa shape index (κ2) is 8.56. The molecule has 0 saturated carbocycles. The van der Waals surface area contributed by atoms with Crippen LogP contribution in [0.3, 0.4) is 0 Å². The summed E-state index contributed by atoms with van der Waals surface area (Å²) in [5.41, 5.74) is 1.15. The quantitative estimate of drug-likeness (QED) is 0.797. The van der Waals surface area contributed by atoms with Crippen molar-refractivity contribution in [2.45, 2.75) is 19.8 Å². The summed E-state index contributed by atoms with van der Waals surface area (Å²) in [6.45, 7) is 4.24. The van der Waals surface area contributed by atoms with Gasteiger partial charge in [0.2, 0.25) is 5.91 Å². The summed E-state index contributed by atoms with van der Waals surface area (Å²) in [7, 11) is 0. The molecule has 138 valence electrons. The van der Waals surface area contributed by atoms with Crippen molar-refractivity contribution < 1.29 is 18.7 Å². The van der Waals surface area contributed by atoms with E-state index in [1.807, 2.05) is 48.2 Å². The number of furan rings is 1. The molecule has 3 rings (SSSR count). The van der Waals surface area contributed by atoms with Crippen LogP contribution < -0.4 is 4.74 Å². The smallest absolute Gasteiger partial charge is 0.260 e. The molecule has 26 heavy (non-hydrogen) atoms. The first-order chi connectivity index (χ1) is 12.6. The molecule has 0 unspecified atom stereocenters. The van der Waals surface area contributed by atoms with Gasteiger partial charge in [-0.25, -0.2) is 0 Å². The van der Waals surface area contributed by atoms with Gasteiger partial charge in [-0.15, -0.1) is 0 Å². The van der Waals surface area contributed by atoms with Crippen LogP contribution in [0.2, 0.25) is 0 Å². The summed E-state index contributed by atoms with van der Waals surface area (Å²) in [6, 6.07) is 11.3. The molecule has 2 heterocycles. The standard InChI is InChI=1S/C20H24N2O4/c1-16-4-6-18(7-5-16)26-15-20(24)22-12-10-21(11-13-22)19(23)9-8-17-3-2-14-25-17/h2-7,14H,8-13,15H2,1H3. The van der Waals surface area contributed by atoms with Gasteiger partial charge < -0.3 is 19.0 Å². The van der Waals surface area contributed by atoms with Crippen LogP contribution in [0.1, 0.15) is 17.7 Å². The van der Waals surface area contributed by atoms with Gasteiger partial charge in [-0.3, -0.25) is 9.59 Å². The maximum Gasteiger partial charge on any atom is 0.260 e. The normalized spacial score (nSPS) is 14.3. The fourth-order valence-corrected chi connectivity index (χ4v) is 2.92. The van der Waals surface area contributed by atoms with Crippen LogP contribution in [0.4, 0.5) is 0 Å². The van der Waals surface area contributed by atoms with Crippen molar-refractivity contribution in [1.82, 2.24) is 9.80 Å². The Morgan fingerprint density at radius 2 is 1.65 bits per heavy atom. The summed E-state index contributed by atoms with van der Waals surface area (Å²) in [5, 5.41) is 0. The molecule has 1 aliphatic heterocycles. The van der Waals surface area contributed by atoms with Crippen molar-refractivity contribution in [2.75, 3.05) is 32.8 Å². The van der Waals surface area contributed by atoms with Gasteiger partial charge >= 0.3 is 0 Å². The Morgan fingerprint density at radius 3 is 2.27 bits per heavy atom. The number of carbonyl (C=O) groups is 2. The topological polar surface area (TPSA) is 63.0 Å². The van der Waals surface area contributed by atoms with Crippen LogP contribution in [-0.2, 0) is 16.0 Å². The van der Waals surface area contributed by atoms with Gasteiger partial charge in [-0.05, 0) is 31.2 Å². The molecule has 1 saturated heterocycles. The fraction of sp³-hybridized carbons (Fsp3) is 0.400. The van der Waals surface area contributed by atoms with E-state index in [0.717, 1.165) is 11.3 Å². The predicted octanol–water partition coefficient (Wildman–Crippen LogP) is 2.27. The zero-order valence-electron chi connectivity index (χ0n) is 15.0. The van der Waals surface area contributed by atoms with Gasteiger partial charge in [0.05, 0.1) is 6.26 Å². The van der Waals surface area contributed by atoms with E-state index >= 15 is 0 Å². The number of benzene rings is 1. The lowest BCUT2D eigenvalue weighted by atomic mass is 10.2. The average Bonchev–Trinajstić information content (AvgIpc) is 3.19. The van der Waals surface area contributed by atoms with Gasteiger partial charge in [-0.2, -0.15) is 0 Å². The third-order valence-corrected chi connectivity index (χ3v) is 4.53. The number of aryl methyl sites for hydroxylation is 2. The zero-order chi connectivity index (χ0) is 18.4.